The van der Waals surface area contributed by atoms with Gasteiger partial charge in [0.15, 0.2) is 0 Å². The predicted octanol–water partition coefficient (Wildman–Crippen LogP) is 1.23. The molecule has 0 bridgehead atoms. The minimum absolute atomic E-state index is 0. The predicted molar refractivity (Wildman–Crippen MR) is 48.4 cm³/mol. The number of nitrogens with one attached hydrogen (secondary N) is 1. The van der Waals surface area contributed by atoms with Gasteiger partial charge in [-0.1, -0.05) is 6.07 Å². The molecule has 13 heavy (non-hydrogen) atoms. The number of carboxylic acids is 1. The van der Waals surface area contributed by atoms with Crippen molar-refractivity contribution in [1.29, 1.82) is 0 Å². The smallest absolute Gasteiger partial charge is 0.340 e. The molecule has 0 aliphatic heterocycles. The average molecular weight is 207 g/mol. The fraction of sp³-hybridized carbons (Fsp3) is 0. The zero-order valence-corrected chi connectivity index (χ0v) is 7.27. The van der Waals surface area contributed by atoms with Crippen molar-refractivity contribution in [3.63, 3.8) is 0 Å². The monoisotopic (exact) mass is 206 g/mol. The molecule has 0 atom stereocenters. The van der Waals surface area contributed by atoms with Gasteiger partial charge in [-0.2, -0.15) is 0 Å². The minimum Gasteiger partial charge on any atom is -0.478 e. The largest absolute Gasteiger partial charge is 0.478 e. The Morgan fingerprint density at radius 2 is 2.15 bits per heavy atom. The third kappa shape index (κ3) is 2.30. The summed E-state index contributed by atoms with van der Waals surface area (Å²) in [6, 6.07) is 3.81. The molecule has 4 nitrogen and oxygen atoms in total. The number of nitrogen functional groups attached to an aromatic ring is 1. The number of nitrogens with two attached hydrogens (primary N) is 1. The zero-order chi connectivity index (χ0) is 9.14. The Bertz CT molecular complexity index is 319. The lowest BCUT2D eigenvalue weighted by Gasteiger charge is -2.04. The molecule has 0 amide bonds. The van der Waals surface area contributed by atoms with Gasteiger partial charge in [-0.05, 0) is 12.1 Å². The summed E-state index contributed by atoms with van der Waals surface area (Å²) in [6.45, 7) is 0. The number of halogens is 2. The molecule has 0 aromatic heterocycles. The van der Waals surface area contributed by atoms with Gasteiger partial charge in [0.2, 0.25) is 0 Å². The van der Waals surface area contributed by atoms with E-state index in [2.05, 4.69) is 5.43 Å². The van der Waals surface area contributed by atoms with Crippen LogP contribution >= 0.6 is 12.4 Å². The van der Waals surface area contributed by atoms with E-state index in [4.69, 9.17) is 10.9 Å². The van der Waals surface area contributed by atoms with Crippen molar-refractivity contribution in [3.8, 4) is 0 Å². The molecule has 0 aliphatic rings. The molecule has 0 fully saturated rings. The first kappa shape index (κ1) is 11.7. The highest BCUT2D eigenvalue weighted by Crippen LogP contribution is 2.17. The third-order valence-electron chi connectivity index (χ3n) is 1.38. The van der Waals surface area contributed by atoms with Gasteiger partial charge in [0.25, 0.3) is 0 Å². The van der Waals surface area contributed by atoms with E-state index in [0.717, 1.165) is 6.07 Å². The van der Waals surface area contributed by atoms with Gasteiger partial charge in [0.05, 0.1) is 5.69 Å². The van der Waals surface area contributed by atoms with Crippen molar-refractivity contribution >= 4 is 24.1 Å². The topological polar surface area (TPSA) is 75.3 Å². The number of hydrogen-bond acceptors (Lipinski definition) is 3. The molecule has 0 radical (unpaired) electrons. The van der Waals surface area contributed by atoms with Crippen molar-refractivity contribution in [2.75, 3.05) is 5.43 Å². The first-order valence-corrected chi connectivity index (χ1v) is 3.15. The molecule has 72 valence electrons. The molecule has 0 spiro atoms. The summed E-state index contributed by atoms with van der Waals surface area (Å²) in [5, 5.41) is 8.54. The number of hydrogen-bond donors (Lipinski definition) is 3. The van der Waals surface area contributed by atoms with Gasteiger partial charge in [0, 0.05) is 0 Å². The van der Waals surface area contributed by atoms with Crippen LogP contribution in [-0.2, 0) is 0 Å². The highest BCUT2D eigenvalue weighted by atomic mass is 35.5. The van der Waals surface area contributed by atoms with E-state index in [-0.39, 0.29) is 18.1 Å². The molecule has 0 heterocycles. The third-order valence-corrected chi connectivity index (χ3v) is 1.38. The maximum atomic E-state index is 12.8. The lowest BCUT2D eigenvalue weighted by atomic mass is 10.2. The Morgan fingerprint density at radius 1 is 1.54 bits per heavy atom. The molecule has 6 heteroatoms. The quantitative estimate of drug-likeness (QED) is 0.503. The molecular formula is C7H8ClFN2O2. The highest BCUT2D eigenvalue weighted by molar-refractivity contribution is 5.94. The van der Waals surface area contributed by atoms with E-state index >= 15 is 0 Å². The van der Waals surface area contributed by atoms with Crippen LogP contribution in [0.1, 0.15) is 10.4 Å². The van der Waals surface area contributed by atoms with Crippen LogP contribution in [0.3, 0.4) is 0 Å². The van der Waals surface area contributed by atoms with E-state index in [1.165, 1.54) is 12.1 Å². The van der Waals surface area contributed by atoms with E-state index in [0.29, 0.717) is 0 Å². The molecule has 0 saturated carbocycles. The number of carboxylic acid groups (broad SMARTS) is 1. The summed E-state index contributed by atoms with van der Waals surface area (Å²) in [6.07, 6.45) is 0. The molecule has 4 N–H and O–H groups in total. The average Bonchev–Trinajstić information content (AvgIpc) is 2.03. The number of anilines is 1. The number of carbonyl (C=O) groups is 1. The van der Waals surface area contributed by atoms with Crippen molar-refractivity contribution in [2.24, 2.45) is 5.84 Å². The molecule has 1 aromatic rings. The molecular weight excluding hydrogens is 199 g/mol. The van der Waals surface area contributed by atoms with Crippen LogP contribution in [0.15, 0.2) is 18.2 Å². The van der Waals surface area contributed by atoms with E-state index in [9.17, 15) is 9.18 Å². The van der Waals surface area contributed by atoms with Crippen LogP contribution in [0, 0.1) is 5.82 Å². The lowest BCUT2D eigenvalue weighted by Crippen LogP contribution is -2.13. The summed E-state index contributed by atoms with van der Waals surface area (Å²) in [5.41, 5.74) is 1.71. The van der Waals surface area contributed by atoms with Gasteiger partial charge in [-0.3, -0.25) is 5.84 Å². The van der Waals surface area contributed by atoms with Crippen LogP contribution < -0.4 is 11.3 Å². The second kappa shape index (κ2) is 4.64. The highest BCUT2D eigenvalue weighted by Gasteiger charge is 2.14. The summed E-state index contributed by atoms with van der Waals surface area (Å²) in [7, 11) is 0. The van der Waals surface area contributed by atoms with Crippen molar-refractivity contribution < 1.29 is 14.3 Å². The summed E-state index contributed by atoms with van der Waals surface area (Å²) < 4.78 is 12.8. The molecule has 1 aromatic carbocycles. The second-order valence-corrected chi connectivity index (χ2v) is 2.11. The van der Waals surface area contributed by atoms with Crippen LogP contribution in [0.2, 0.25) is 0 Å². The van der Waals surface area contributed by atoms with E-state index in [1.54, 1.807) is 0 Å². The first-order valence-electron chi connectivity index (χ1n) is 3.15. The van der Waals surface area contributed by atoms with Gasteiger partial charge >= 0.3 is 5.97 Å². The van der Waals surface area contributed by atoms with Crippen LogP contribution in [0.25, 0.3) is 0 Å². The van der Waals surface area contributed by atoms with Gasteiger partial charge in [-0.25, -0.2) is 9.18 Å². The van der Waals surface area contributed by atoms with E-state index < -0.39 is 17.3 Å². The maximum absolute atomic E-state index is 12.8. The Labute approximate surface area is 79.9 Å². The van der Waals surface area contributed by atoms with Crippen molar-refractivity contribution in [2.45, 2.75) is 0 Å². The van der Waals surface area contributed by atoms with Gasteiger partial charge in [0.1, 0.15) is 11.4 Å². The number of aromatic carboxylic acids is 1. The van der Waals surface area contributed by atoms with Crippen LogP contribution in [0.4, 0.5) is 10.1 Å². The number of benzene rings is 1. The van der Waals surface area contributed by atoms with E-state index in [1.807, 2.05) is 0 Å². The van der Waals surface area contributed by atoms with Gasteiger partial charge in [-0.15, -0.1) is 12.4 Å². The maximum Gasteiger partial charge on any atom is 0.340 e. The fourth-order valence-electron chi connectivity index (χ4n) is 0.862. The molecule has 0 unspecified atom stereocenters. The SMILES string of the molecule is Cl.NNc1cccc(F)c1C(=O)O. The van der Waals surface area contributed by atoms with Crippen molar-refractivity contribution in [1.82, 2.24) is 0 Å². The Balaban J connectivity index is 0.00000144. The number of hydrazine groups is 1. The Kier molecular flexibility index (Phi) is 4.16. The minimum atomic E-state index is -1.35. The molecule has 1 rings (SSSR count). The first-order chi connectivity index (χ1) is 5.66. The lowest BCUT2D eigenvalue weighted by molar-refractivity contribution is 0.0693. The van der Waals surface area contributed by atoms with Crippen LogP contribution in [0.5, 0.6) is 0 Å². The Morgan fingerprint density at radius 3 is 2.54 bits per heavy atom. The summed E-state index contributed by atoms with van der Waals surface area (Å²) in [5.74, 6) is 2.82. The second-order valence-electron chi connectivity index (χ2n) is 2.11. The van der Waals surface area contributed by atoms with Crippen molar-refractivity contribution in [3.05, 3.63) is 29.6 Å². The fourth-order valence-corrected chi connectivity index (χ4v) is 0.862. The molecule has 0 aliphatic carbocycles. The van der Waals surface area contributed by atoms with Gasteiger partial charge < -0.3 is 10.5 Å². The summed E-state index contributed by atoms with van der Waals surface area (Å²) >= 11 is 0. The standard InChI is InChI=1S/C7H7FN2O2.ClH/c8-4-2-1-3-5(10-9)6(4)7(11)12;/h1-3,10H,9H2,(H,11,12);1H. The number of rotatable bonds is 2. The zero-order valence-electron chi connectivity index (χ0n) is 6.45. The molecule has 0 saturated heterocycles. The normalized spacial score (nSPS) is 8.77. The Hall–Kier alpha value is -1.33. The summed E-state index contributed by atoms with van der Waals surface area (Å²) in [4.78, 5) is 10.5. The van der Waals surface area contributed by atoms with Crippen LogP contribution in [-0.4, -0.2) is 11.1 Å².